The van der Waals surface area contributed by atoms with Gasteiger partial charge in [-0.15, -0.1) is 0 Å². The molecule has 0 bridgehead atoms. The fraction of sp³-hybridized carbons (Fsp3) is 0.444. The first kappa shape index (κ1) is 21.1. The number of benzene rings is 1. The smallest absolute Gasteiger partial charge is 0.407 e. The van der Waals surface area contributed by atoms with Gasteiger partial charge in [-0.3, -0.25) is 0 Å². The van der Waals surface area contributed by atoms with Crippen molar-refractivity contribution in [2.45, 2.75) is 43.7 Å². The predicted octanol–water partition coefficient (Wildman–Crippen LogP) is 3.83. The second-order valence-corrected chi connectivity index (χ2v) is 10.2. The van der Waals surface area contributed by atoms with Gasteiger partial charge in [0, 0.05) is 36.1 Å². The molecule has 0 unspecified atom stereocenters. The van der Waals surface area contributed by atoms with Gasteiger partial charge < -0.3 is 10.1 Å². The Morgan fingerprint density at radius 1 is 1.32 bits per heavy atom. The average Bonchev–Trinajstić information content (AvgIpc) is 3.05. The van der Waals surface area contributed by atoms with Gasteiger partial charge in [0.05, 0.1) is 9.92 Å². The van der Waals surface area contributed by atoms with Crippen LogP contribution in [0.25, 0.3) is 10.8 Å². The largest absolute Gasteiger partial charge is 0.444 e. The van der Waals surface area contributed by atoms with Crippen molar-refractivity contribution < 1.29 is 17.9 Å². The highest BCUT2D eigenvalue weighted by atomic mass is 35.5. The predicted molar refractivity (Wildman–Crippen MR) is 108 cm³/mol. The van der Waals surface area contributed by atoms with Crippen LogP contribution in [0.2, 0.25) is 10.2 Å². The molecular weight excluding hydrogens is 425 g/mol. The SMILES string of the molecule is CC(C)(C)OC(=O)N[C@@H]1CCN(S(=O)(=O)c2cccc3c(Cl)ncc(Cl)c23)C1. The highest BCUT2D eigenvalue weighted by Crippen LogP contribution is 2.35. The number of pyridine rings is 1. The van der Waals surface area contributed by atoms with Crippen molar-refractivity contribution in [2.24, 2.45) is 0 Å². The van der Waals surface area contributed by atoms with Crippen LogP contribution < -0.4 is 5.32 Å². The van der Waals surface area contributed by atoms with E-state index in [1.165, 1.54) is 16.6 Å². The fourth-order valence-corrected chi connectivity index (χ4v) is 5.33. The molecule has 1 aliphatic heterocycles. The zero-order chi connectivity index (χ0) is 20.7. The van der Waals surface area contributed by atoms with Gasteiger partial charge in [-0.2, -0.15) is 4.31 Å². The number of ether oxygens (including phenoxy) is 1. The number of hydrogen-bond donors (Lipinski definition) is 1. The zero-order valence-electron chi connectivity index (χ0n) is 15.7. The summed E-state index contributed by atoms with van der Waals surface area (Å²) in [6.45, 7) is 5.72. The van der Waals surface area contributed by atoms with Gasteiger partial charge in [0.25, 0.3) is 0 Å². The third-order valence-corrected chi connectivity index (χ3v) is 6.76. The Balaban J connectivity index is 1.85. The van der Waals surface area contributed by atoms with Crippen molar-refractivity contribution in [3.63, 3.8) is 0 Å². The maximum Gasteiger partial charge on any atom is 0.407 e. The Labute approximate surface area is 174 Å². The van der Waals surface area contributed by atoms with E-state index in [0.717, 1.165) is 0 Å². The lowest BCUT2D eigenvalue weighted by atomic mass is 10.2. The number of fused-ring (bicyclic) bond motifs is 1. The second kappa shape index (κ2) is 7.67. The molecule has 0 radical (unpaired) electrons. The van der Waals surface area contributed by atoms with E-state index in [1.807, 2.05) is 0 Å². The topological polar surface area (TPSA) is 88.6 Å². The first-order valence-electron chi connectivity index (χ1n) is 8.71. The number of sulfonamides is 1. The molecule has 1 N–H and O–H groups in total. The molecule has 28 heavy (non-hydrogen) atoms. The van der Waals surface area contributed by atoms with Gasteiger partial charge >= 0.3 is 6.09 Å². The number of nitrogens with one attached hydrogen (secondary N) is 1. The van der Waals surface area contributed by atoms with Crippen molar-refractivity contribution in [1.29, 1.82) is 0 Å². The zero-order valence-corrected chi connectivity index (χ0v) is 18.0. The van der Waals surface area contributed by atoms with E-state index in [0.29, 0.717) is 17.2 Å². The van der Waals surface area contributed by atoms with Crippen LogP contribution in [-0.4, -0.2) is 48.5 Å². The van der Waals surface area contributed by atoms with Crippen LogP contribution >= 0.6 is 23.2 Å². The van der Waals surface area contributed by atoms with E-state index in [-0.39, 0.29) is 34.2 Å². The van der Waals surface area contributed by atoms with Crippen LogP contribution in [0.4, 0.5) is 4.79 Å². The first-order chi connectivity index (χ1) is 13.0. The minimum Gasteiger partial charge on any atom is -0.444 e. The number of carbonyl (C=O) groups is 1. The fourth-order valence-electron chi connectivity index (χ4n) is 3.09. The highest BCUT2D eigenvalue weighted by Gasteiger charge is 2.35. The molecule has 1 aromatic carbocycles. The van der Waals surface area contributed by atoms with Gasteiger partial charge in [-0.1, -0.05) is 35.3 Å². The summed E-state index contributed by atoms with van der Waals surface area (Å²) in [5.74, 6) is 0. The van der Waals surface area contributed by atoms with Crippen LogP contribution in [0, 0.1) is 0 Å². The number of nitrogens with zero attached hydrogens (tertiary/aromatic N) is 2. The van der Waals surface area contributed by atoms with Crippen molar-refractivity contribution in [2.75, 3.05) is 13.1 Å². The summed E-state index contributed by atoms with van der Waals surface area (Å²) in [5.41, 5.74) is -0.624. The van der Waals surface area contributed by atoms with Crippen molar-refractivity contribution in [3.8, 4) is 0 Å². The maximum atomic E-state index is 13.2. The average molecular weight is 446 g/mol. The third kappa shape index (κ3) is 4.35. The molecule has 1 atom stereocenters. The number of aromatic nitrogens is 1. The number of alkyl carbamates (subject to hydrolysis) is 1. The molecule has 10 heteroatoms. The number of halogens is 2. The number of amides is 1. The summed E-state index contributed by atoms with van der Waals surface area (Å²) in [6, 6.07) is 4.44. The van der Waals surface area contributed by atoms with Crippen LogP contribution in [0.15, 0.2) is 29.3 Å². The standard InChI is InChI=1S/C18H21Cl2N3O4S/c1-18(2,3)27-17(24)22-11-7-8-23(10-11)28(25,26)14-6-4-5-12-15(14)13(19)9-21-16(12)20/h4-6,9,11H,7-8,10H2,1-3H3,(H,22,24)/t11-/m1/s1. The summed E-state index contributed by atoms with van der Waals surface area (Å²) in [7, 11) is -3.84. The van der Waals surface area contributed by atoms with Crippen LogP contribution in [-0.2, 0) is 14.8 Å². The summed E-state index contributed by atoms with van der Waals surface area (Å²) >= 11 is 12.3. The van der Waals surface area contributed by atoms with E-state index in [9.17, 15) is 13.2 Å². The highest BCUT2D eigenvalue weighted by molar-refractivity contribution is 7.89. The Hall–Kier alpha value is -1.61. The Morgan fingerprint density at radius 3 is 2.71 bits per heavy atom. The Kier molecular flexibility index (Phi) is 5.78. The number of carbonyl (C=O) groups excluding carboxylic acids is 1. The lowest BCUT2D eigenvalue weighted by molar-refractivity contribution is 0.0507. The molecule has 1 amide bonds. The Morgan fingerprint density at radius 2 is 2.04 bits per heavy atom. The van der Waals surface area contributed by atoms with Gasteiger partial charge in [0.2, 0.25) is 10.0 Å². The lowest BCUT2D eigenvalue weighted by Gasteiger charge is -2.22. The number of rotatable bonds is 3. The molecule has 3 rings (SSSR count). The van der Waals surface area contributed by atoms with Crippen LogP contribution in [0.5, 0.6) is 0 Å². The van der Waals surface area contributed by atoms with E-state index in [2.05, 4.69) is 10.3 Å². The molecule has 1 fully saturated rings. The van der Waals surface area contributed by atoms with E-state index < -0.39 is 21.7 Å². The lowest BCUT2D eigenvalue weighted by Crippen LogP contribution is -2.41. The second-order valence-electron chi connectivity index (χ2n) is 7.57. The molecule has 0 saturated carbocycles. The maximum absolute atomic E-state index is 13.2. The molecule has 1 saturated heterocycles. The first-order valence-corrected chi connectivity index (χ1v) is 10.9. The summed E-state index contributed by atoms with van der Waals surface area (Å²) < 4.78 is 33.0. The quantitative estimate of drug-likeness (QED) is 0.724. The van der Waals surface area contributed by atoms with Crippen LogP contribution in [0.1, 0.15) is 27.2 Å². The van der Waals surface area contributed by atoms with Crippen molar-refractivity contribution in [1.82, 2.24) is 14.6 Å². The van der Waals surface area contributed by atoms with Crippen LogP contribution in [0.3, 0.4) is 0 Å². The Bertz CT molecular complexity index is 1020. The monoisotopic (exact) mass is 445 g/mol. The van der Waals surface area contributed by atoms with Crippen molar-refractivity contribution >= 4 is 50.1 Å². The van der Waals surface area contributed by atoms with E-state index in [1.54, 1.807) is 32.9 Å². The van der Waals surface area contributed by atoms with E-state index in [4.69, 9.17) is 27.9 Å². The minimum absolute atomic E-state index is 0.0669. The van der Waals surface area contributed by atoms with Gasteiger partial charge in [-0.05, 0) is 33.3 Å². The summed E-state index contributed by atoms with van der Waals surface area (Å²) in [4.78, 5) is 16.0. The van der Waals surface area contributed by atoms with E-state index >= 15 is 0 Å². The van der Waals surface area contributed by atoms with Gasteiger partial charge in [0.1, 0.15) is 10.8 Å². The molecule has 2 aromatic rings. The molecule has 1 aromatic heterocycles. The summed E-state index contributed by atoms with van der Waals surface area (Å²) in [6.07, 6.45) is 1.25. The summed E-state index contributed by atoms with van der Waals surface area (Å²) in [5, 5.41) is 3.93. The van der Waals surface area contributed by atoms with Gasteiger partial charge in [-0.25, -0.2) is 18.2 Å². The molecule has 2 heterocycles. The molecule has 0 aliphatic carbocycles. The molecule has 152 valence electrons. The third-order valence-electron chi connectivity index (χ3n) is 4.27. The normalized spacial score (nSPS) is 18.4. The van der Waals surface area contributed by atoms with Crippen molar-refractivity contribution in [3.05, 3.63) is 34.6 Å². The molecule has 7 nitrogen and oxygen atoms in total. The number of hydrogen-bond acceptors (Lipinski definition) is 5. The molecule has 0 spiro atoms. The molecule has 1 aliphatic rings. The minimum atomic E-state index is -3.84. The molecular formula is C18H21Cl2N3O4S. The van der Waals surface area contributed by atoms with Gasteiger partial charge in [0.15, 0.2) is 0 Å².